The summed E-state index contributed by atoms with van der Waals surface area (Å²) < 4.78 is 6.20. The molecule has 1 fully saturated rings. The summed E-state index contributed by atoms with van der Waals surface area (Å²) in [6, 6.07) is 5.67. The second kappa shape index (κ2) is 4.78. The van der Waals surface area contributed by atoms with Crippen molar-refractivity contribution in [1.29, 1.82) is 0 Å². The first-order valence-corrected chi connectivity index (χ1v) is 6.49. The van der Waals surface area contributed by atoms with Gasteiger partial charge in [-0.2, -0.15) is 0 Å². The van der Waals surface area contributed by atoms with Gasteiger partial charge in [-0.25, -0.2) is 0 Å². The summed E-state index contributed by atoms with van der Waals surface area (Å²) in [7, 11) is 1.61. The van der Waals surface area contributed by atoms with Crippen LogP contribution in [0, 0.1) is 0 Å². The maximum Gasteiger partial charge on any atom is 0.157 e. The highest BCUT2D eigenvalue weighted by molar-refractivity contribution is 9.10. The van der Waals surface area contributed by atoms with Crippen molar-refractivity contribution in [2.45, 2.75) is 31.2 Å². The van der Waals surface area contributed by atoms with Crippen molar-refractivity contribution in [3.63, 3.8) is 0 Å². The Morgan fingerprint density at radius 1 is 1.53 bits per heavy atom. The minimum atomic E-state index is -0.590. The maximum atomic E-state index is 12.1. The van der Waals surface area contributed by atoms with Gasteiger partial charge in [0.1, 0.15) is 5.75 Å². The van der Waals surface area contributed by atoms with Crippen molar-refractivity contribution in [2.75, 3.05) is 7.11 Å². The van der Waals surface area contributed by atoms with Gasteiger partial charge < -0.3 is 10.5 Å². The number of halogens is 1. The fourth-order valence-corrected chi connectivity index (χ4v) is 2.48. The van der Waals surface area contributed by atoms with E-state index in [0.717, 1.165) is 35.0 Å². The molecule has 1 aromatic rings. The lowest BCUT2D eigenvalue weighted by atomic mass is 9.73. The molecule has 3 nitrogen and oxygen atoms in total. The van der Waals surface area contributed by atoms with E-state index in [1.165, 1.54) is 0 Å². The molecule has 0 amide bonds. The highest BCUT2D eigenvalue weighted by Gasteiger charge is 2.39. The quantitative estimate of drug-likeness (QED) is 0.929. The minimum Gasteiger partial charge on any atom is -0.496 e. The highest BCUT2D eigenvalue weighted by atomic mass is 79.9. The van der Waals surface area contributed by atoms with Gasteiger partial charge in [-0.05, 0) is 37.5 Å². The van der Waals surface area contributed by atoms with Crippen LogP contribution in [0.15, 0.2) is 22.7 Å². The summed E-state index contributed by atoms with van der Waals surface area (Å²) >= 11 is 3.40. The van der Waals surface area contributed by atoms with Crippen LogP contribution < -0.4 is 10.5 Å². The topological polar surface area (TPSA) is 52.3 Å². The summed E-state index contributed by atoms with van der Waals surface area (Å²) in [4.78, 5) is 12.1. The van der Waals surface area contributed by atoms with Gasteiger partial charge in [-0.1, -0.05) is 15.9 Å². The molecular formula is C13H16BrNO2. The molecule has 2 rings (SSSR count). The zero-order valence-corrected chi connectivity index (χ0v) is 11.4. The van der Waals surface area contributed by atoms with Gasteiger partial charge in [0.15, 0.2) is 5.78 Å². The van der Waals surface area contributed by atoms with Crippen molar-refractivity contribution < 1.29 is 9.53 Å². The lowest BCUT2D eigenvalue weighted by molar-refractivity contribution is -0.126. The van der Waals surface area contributed by atoms with E-state index in [9.17, 15) is 4.79 Å². The summed E-state index contributed by atoms with van der Waals surface area (Å²) in [5.41, 5.74) is 6.32. The molecule has 0 atom stereocenters. The molecule has 4 heteroatoms. The number of benzene rings is 1. The minimum absolute atomic E-state index is 0.111. The van der Waals surface area contributed by atoms with E-state index in [4.69, 9.17) is 10.5 Å². The van der Waals surface area contributed by atoms with Crippen LogP contribution in [-0.2, 0) is 11.2 Å². The van der Waals surface area contributed by atoms with E-state index in [1.807, 2.05) is 18.2 Å². The van der Waals surface area contributed by atoms with Crippen LogP contribution in [-0.4, -0.2) is 18.4 Å². The number of ether oxygens (including phenoxy) is 1. The molecule has 1 aromatic carbocycles. The Kier molecular flexibility index (Phi) is 3.54. The molecule has 17 heavy (non-hydrogen) atoms. The first-order valence-electron chi connectivity index (χ1n) is 5.70. The molecule has 0 bridgehead atoms. The van der Waals surface area contributed by atoms with Gasteiger partial charge in [0.25, 0.3) is 0 Å². The third kappa shape index (κ3) is 2.53. The standard InChI is InChI=1S/C13H16BrNO2/c1-17-11-4-3-10(14)7-9(11)8-12(16)13(15)5-2-6-13/h3-4,7H,2,5-6,8,15H2,1H3. The van der Waals surface area contributed by atoms with Gasteiger partial charge in [0, 0.05) is 16.5 Å². The molecule has 0 spiro atoms. The molecule has 1 aliphatic rings. The van der Waals surface area contributed by atoms with Gasteiger partial charge in [0.05, 0.1) is 12.6 Å². The van der Waals surface area contributed by atoms with Crippen molar-refractivity contribution in [1.82, 2.24) is 0 Å². The number of methoxy groups -OCH3 is 1. The first-order chi connectivity index (χ1) is 8.05. The monoisotopic (exact) mass is 297 g/mol. The third-order valence-electron chi connectivity index (χ3n) is 3.39. The zero-order chi connectivity index (χ0) is 12.5. The van der Waals surface area contributed by atoms with Crippen LogP contribution in [0.5, 0.6) is 5.75 Å². The van der Waals surface area contributed by atoms with E-state index in [1.54, 1.807) is 7.11 Å². The van der Waals surface area contributed by atoms with Gasteiger partial charge in [0.2, 0.25) is 0 Å². The Bertz CT molecular complexity index is 441. The molecule has 0 saturated heterocycles. The smallest absolute Gasteiger partial charge is 0.157 e. The Labute approximate surface area is 109 Å². The molecule has 1 aliphatic carbocycles. The zero-order valence-electron chi connectivity index (χ0n) is 9.83. The fourth-order valence-electron chi connectivity index (χ4n) is 2.07. The first kappa shape index (κ1) is 12.6. The lowest BCUT2D eigenvalue weighted by Gasteiger charge is -2.36. The van der Waals surface area contributed by atoms with E-state index < -0.39 is 5.54 Å². The van der Waals surface area contributed by atoms with Crippen molar-refractivity contribution in [2.24, 2.45) is 5.73 Å². The summed E-state index contributed by atoms with van der Waals surface area (Å²) in [5, 5.41) is 0. The highest BCUT2D eigenvalue weighted by Crippen LogP contribution is 2.32. The number of hydrogen-bond donors (Lipinski definition) is 1. The van der Waals surface area contributed by atoms with Crippen LogP contribution in [0.1, 0.15) is 24.8 Å². The van der Waals surface area contributed by atoms with Crippen LogP contribution in [0.3, 0.4) is 0 Å². The number of nitrogens with two attached hydrogens (primary N) is 1. The normalized spacial score (nSPS) is 17.4. The number of ketones is 1. The molecule has 0 radical (unpaired) electrons. The number of carbonyl (C=O) groups is 1. The second-order valence-electron chi connectivity index (χ2n) is 4.57. The average molecular weight is 298 g/mol. The number of hydrogen-bond acceptors (Lipinski definition) is 3. The van der Waals surface area contributed by atoms with Crippen molar-refractivity contribution in [3.8, 4) is 5.75 Å². The molecule has 92 valence electrons. The lowest BCUT2D eigenvalue weighted by Crippen LogP contribution is -2.54. The number of carbonyl (C=O) groups excluding carboxylic acids is 1. The second-order valence-corrected chi connectivity index (χ2v) is 5.48. The molecule has 0 heterocycles. The van der Waals surface area contributed by atoms with E-state index >= 15 is 0 Å². The average Bonchev–Trinajstić information content (AvgIpc) is 2.26. The van der Waals surface area contributed by atoms with Crippen LogP contribution in [0.2, 0.25) is 0 Å². The molecule has 2 N–H and O–H groups in total. The third-order valence-corrected chi connectivity index (χ3v) is 3.89. The number of Topliss-reactive ketones (excluding diaryl/α,β-unsaturated/α-hetero) is 1. The van der Waals surface area contributed by atoms with Crippen LogP contribution in [0.4, 0.5) is 0 Å². The van der Waals surface area contributed by atoms with Crippen LogP contribution >= 0.6 is 15.9 Å². The van der Waals surface area contributed by atoms with Gasteiger partial charge >= 0.3 is 0 Å². The van der Waals surface area contributed by atoms with Gasteiger partial charge in [-0.3, -0.25) is 4.79 Å². The summed E-state index contributed by atoms with van der Waals surface area (Å²) in [5.74, 6) is 0.852. The Hall–Kier alpha value is -0.870. The Morgan fingerprint density at radius 2 is 2.24 bits per heavy atom. The molecule has 0 unspecified atom stereocenters. The molecular weight excluding hydrogens is 282 g/mol. The Balaban J connectivity index is 2.17. The molecule has 0 aromatic heterocycles. The van der Waals surface area contributed by atoms with E-state index in [-0.39, 0.29) is 5.78 Å². The van der Waals surface area contributed by atoms with Crippen molar-refractivity contribution >= 4 is 21.7 Å². The predicted octanol–water partition coefficient (Wildman–Crippen LogP) is 2.45. The number of rotatable bonds is 4. The summed E-state index contributed by atoms with van der Waals surface area (Å²) in [6.45, 7) is 0. The Morgan fingerprint density at radius 3 is 2.76 bits per heavy atom. The molecule has 0 aliphatic heterocycles. The van der Waals surface area contributed by atoms with E-state index in [0.29, 0.717) is 6.42 Å². The van der Waals surface area contributed by atoms with Gasteiger partial charge in [-0.15, -0.1) is 0 Å². The summed E-state index contributed by atoms with van der Waals surface area (Å²) in [6.07, 6.45) is 3.02. The van der Waals surface area contributed by atoms with Crippen molar-refractivity contribution in [3.05, 3.63) is 28.2 Å². The fraction of sp³-hybridized carbons (Fsp3) is 0.462. The van der Waals surface area contributed by atoms with E-state index in [2.05, 4.69) is 15.9 Å². The maximum absolute atomic E-state index is 12.1. The predicted molar refractivity (Wildman–Crippen MR) is 70.2 cm³/mol. The largest absolute Gasteiger partial charge is 0.496 e. The van der Waals surface area contributed by atoms with Crippen LogP contribution in [0.25, 0.3) is 0 Å². The molecule has 1 saturated carbocycles. The SMILES string of the molecule is COc1ccc(Br)cc1CC(=O)C1(N)CCC1.